The Morgan fingerprint density at radius 2 is 1.69 bits per heavy atom. The number of carbonyl (C=O) groups is 4. The molecule has 2 fully saturated rings. The number of allylic oxidation sites excluding steroid dienone is 1. The molecule has 1 spiro atoms. The molecule has 3 aromatic carbocycles. The number of cyclic esters (lactones) is 1. The van der Waals surface area contributed by atoms with Crippen LogP contribution in [0.1, 0.15) is 47.2 Å². The van der Waals surface area contributed by atoms with Crippen LogP contribution in [0.25, 0.3) is 0 Å². The van der Waals surface area contributed by atoms with Crippen molar-refractivity contribution in [2.45, 2.75) is 62.6 Å². The van der Waals surface area contributed by atoms with Crippen molar-refractivity contribution in [2.75, 3.05) is 31.8 Å². The maximum Gasteiger partial charge on any atom is 0.313 e. The summed E-state index contributed by atoms with van der Waals surface area (Å²) in [5.74, 6) is -4.26. The van der Waals surface area contributed by atoms with Gasteiger partial charge in [-0.05, 0) is 54.7 Å². The van der Waals surface area contributed by atoms with Gasteiger partial charge in [0.15, 0.2) is 0 Å². The highest BCUT2D eigenvalue weighted by atomic mass is 79.9. The molecule has 0 aromatic heterocycles. The van der Waals surface area contributed by atoms with Gasteiger partial charge in [-0.25, -0.2) is 0 Å². The Kier molecular flexibility index (Phi) is 10.9. The molecule has 12 heteroatoms. The van der Waals surface area contributed by atoms with Crippen molar-refractivity contribution in [1.82, 2.24) is 10.2 Å². The fourth-order valence-corrected chi connectivity index (χ4v) is 9.18. The van der Waals surface area contributed by atoms with Crippen LogP contribution in [0.15, 0.2) is 102 Å². The van der Waals surface area contributed by atoms with E-state index in [-0.39, 0.29) is 25.5 Å². The van der Waals surface area contributed by atoms with Gasteiger partial charge in [-0.15, -0.1) is 0 Å². The second-order valence-corrected chi connectivity index (χ2v) is 15.2. The number of methoxy groups -OCH3 is 1. The van der Waals surface area contributed by atoms with Gasteiger partial charge in [-0.3, -0.25) is 19.2 Å². The molecule has 0 radical (unpaired) electrons. The van der Waals surface area contributed by atoms with Crippen LogP contribution in [-0.2, 0) is 33.4 Å². The number of nitrogens with zero attached hydrogens (tertiary/aromatic N) is 2. The predicted molar refractivity (Wildman–Crippen MR) is 204 cm³/mol. The van der Waals surface area contributed by atoms with Crippen LogP contribution in [0, 0.1) is 25.7 Å². The molecule has 7 rings (SSSR count). The number of amides is 3. The molecule has 8 atom stereocenters. The smallest absolute Gasteiger partial charge is 0.313 e. The van der Waals surface area contributed by atoms with Crippen LogP contribution in [0.5, 0.6) is 0 Å². The number of benzene rings is 3. The molecule has 282 valence electrons. The van der Waals surface area contributed by atoms with E-state index in [1.807, 2.05) is 80.6 Å². The number of anilines is 1. The van der Waals surface area contributed by atoms with E-state index in [0.717, 1.165) is 11.1 Å². The molecular formula is C42H44BrN3O8. The zero-order valence-electron chi connectivity index (χ0n) is 30.4. The number of fused-ring (bicyclic) bond motifs is 2. The van der Waals surface area contributed by atoms with E-state index in [2.05, 4.69) is 21.2 Å². The van der Waals surface area contributed by atoms with E-state index >= 15 is 9.59 Å². The normalized spacial score (nSPS) is 29.8. The highest BCUT2D eigenvalue weighted by Crippen LogP contribution is 2.60. The van der Waals surface area contributed by atoms with Crippen LogP contribution >= 0.6 is 15.9 Å². The summed E-state index contributed by atoms with van der Waals surface area (Å²) in [5, 5.41) is 14.0. The molecule has 0 aliphatic carbocycles. The molecular weight excluding hydrogens is 754 g/mol. The molecule has 4 aliphatic heterocycles. The number of halogens is 1. The van der Waals surface area contributed by atoms with Gasteiger partial charge in [0.05, 0.1) is 31.2 Å². The number of ether oxygens (including phenoxy) is 3. The van der Waals surface area contributed by atoms with Gasteiger partial charge in [-0.2, -0.15) is 0 Å². The lowest BCUT2D eigenvalue weighted by Crippen LogP contribution is -2.57. The highest BCUT2D eigenvalue weighted by Gasteiger charge is 2.75. The first-order chi connectivity index (χ1) is 26.1. The van der Waals surface area contributed by atoms with E-state index in [1.54, 1.807) is 35.2 Å². The number of likely N-dealkylation sites (tertiary alicyclic amines) is 1. The summed E-state index contributed by atoms with van der Waals surface area (Å²) in [7, 11) is 1.51. The zero-order chi connectivity index (χ0) is 38.1. The topological polar surface area (TPSA) is 135 Å². The number of esters is 1. The second-order valence-electron chi connectivity index (χ2n) is 14.3. The quantitative estimate of drug-likeness (QED) is 0.252. The molecule has 3 aromatic rings. The third kappa shape index (κ3) is 6.70. The second kappa shape index (κ2) is 15.6. The Morgan fingerprint density at radius 1 is 0.963 bits per heavy atom. The summed E-state index contributed by atoms with van der Waals surface area (Å²) in [6.45, 7) is 3.54. The SMILES string of the molecule is COC[C@H]1NC(=O)CC/C=C\CN(c2cc(C)ccc2C)C(=O)[C@@H]2N([C@H](CO)c3ccccc3)C(=O)[C@H]3[C@H](C(=O)O[C@@H]1c1ccccc1)[C@H]1O[C@@]23C=C1Br. The Bertz CT molecular complexity index is 1970. The van der Waals surface area contributed by atoms with Crippen LogP contribution in [0.2, 0.25) is 0 Å². The molecule has 54 heavy (non-hydrogen) atoms. The molecule has 4 aliphatic rings. The molecule has 2 saturated heterocycles. The number of aliphatic hydroxyl groups excluding tert-OH is 1. The zero-order valence-corrected chi connectivity index (χ0v) is 32.0. The third-order valence-corrected chi connectivity index (χ3v) is 11.6. The Hall–Kier alpha value is -4.62. The van der Waals surface area contributed by atoms with Crippen LogP contribution in [0.3, 0.4) is 0 Å². The number of nitrogens with one attached hydrogen (secondary N) is 1. The average molecular weight is 799 g/mol. The molecule has 5 bridgehead atoms. The van der Waals surface area contributed by atoms with Gasteiger partial charge in [0.1, 0.15) is 29.8 Å². The summed E-state index contributed by atoms with van der Waals surface area (Å²) >= 11 is 3.64. The van der Waals surface area contributed by atoms with Gasteiger partial charge < -0.3 is 34.4 Å². The third-order valence-electron chi connectivity index (χ3n) is 10.9. The lowest BCUT2D eigenvalue weighted by molar-refractivity contribution is -0.162. The predicted octanol–water partition coefficient (Wildman–Crippen LogP) is 5.01. The van der Waals surface area contributed by atoms with E-state index in [4.69, 9.17) is 14.2 Å². The summed E-state index contributed by atoms with van der Waals surface area (Å²) < 4.78 is 19.2. The molecule has 3 amide bonds. The van der Waals surface area contributed by atoms with Crippen molar-refractivity contribution >= 4 is 45.3 Å². The largest absolute Gasteiger partial charge is 0.455 e. The molecule has 4 heterocycles. The number of aliphatic hydroxyl groups is 1. The summed E-state index contributed by atoms with van der Waals surface area (Å²) in [5.41, 5.74) is 2.09. The summed E-state index contributed by atoms with van der Waals surface area (Å²) in [4.78, 5) is 61.8. The van der Waals surface area contributed by atoms with Crippen molar-refractivity contribution in [3.63, 3.8) is 0 Å². The fourth-order valence-electron chi connectivity index (χ4n) is 8.44. The van der Waals surface area contributed by atoms with Gasteiger partial charge in [0, 0.05) is 30.2 Å². The Morgan fingerprint density at radius 3 is 2.39 bits per heavy atom. The summed E-state index contributed by atoms with van der Waals surface area (Å²) in [6.07, 6.45) is 4.06. The van der Waals surface area contributed by atoms with Crippen molar-refractivity contribution in [1.29, 1.82) is 0 Å². The first-order valence-corrected chi connectivity index (χ1v) is 19.0. The van der Waals surface area contributed by atoms with Gasteiger partial charge >= 0.3 is 5.97 Å². The van der Waals surface area contributed by atoms with E-state index in [9.17, 15) is 14.7 Å². The minimum Gasteiger partial charge on any atom is -0.455 e. The average Bonchev–Trinajstić information content (AvgIpc) is 3.77. The lowest BCUT2D eigenvalue weighted by atomic mass is 9.74. The van der Waals surface area contributed by atoms with E-state index in [0.29, 0.717) is 27.7 Å². The van der Waals surface area contributed by atoms with Crippen molar-refractivity contribution < 1.29 is 38.5 Å². The van der Waals surface area contributed by atoms with Crippen molar-refractivity contribution in [2.24, 2.45) is 11.8 Å². The number of hydrogen-bond donors (Lipinski definition) is 2. The van der Waals surface area contributed by atoms with Crippen LogP contribution < -0.4 is 10.2 Å². The molecule has 0 unspecified atom stereocenters. The number of rotatable bonds is 7. The van der Waals surface area contributed by atoms with E-state index < -0.39 is 72.2 Å². The minimum atomic E-state index is -1.58. The maximum atomic E-state index is 15.5. The Labute approximate surface area is 323 Å². The van der Waals surface area contributed by atoms with Gasteiger partial charge in [-0.1, -0.05) is 101 Å². The monoisotopic (exact) mass is 797 g/mol. The number of aryl methyl sites for hydroxylation is 2. The standard InChI is InChI=1S/C42H44BrN3O8/c1-25-18-19-26(2)31(21-25)45-20-12-6-11-17-33(48)44-30(24-52-3)36(28-15-9-5-10-16-28)53-41(51)34-35-39(49)46(32(23-47)27-13-7-4-8-14-27)38(40(45)50)42(35)22-29(43)37(34)54-42/h4-10,12-16,18-19,21-22,30,32,34-38,47H,11,17,20,23-24H2,1-3H3,(H,44,48)/b12-6-/t30-,32-,34+,35-,36-,37+,38+,42-/m1/s1. The lowest BCUT2D eigenvalue weighted by Gasteiger charge is -2.39. The summed E-state index contributed by atoms with van der Waals surface area (Å²) in [6, 6.07) is 21.0. The van der Waals surface area contributed by atoms with Crippen molar-refractivity contribution in [3.05, 3.63) is 124 Å². The number of hydrogen-bond acceptors (Lipinski definition) is 8. The minimum absolute atomic E-state index is 0.0410. The van der Waals surface area contributed by atoms with E-state index in [1.165, 1.54) is 12.0 Å². The first kappa shape index (κ1) is 37.7. The molecule has 11 nitrogen and oxygen atoms in total. The molecule has 0 saturated carbocycles. The van der Waals surface area contributed by atoms with Crippen LogP contribution in [0.4, 0.5) is 5.69 Å². The first-order valence-electron chi connectivity index (χ1n) is 18.2. The Balaban J connectivity index is 1.41. The maximum absolute atomic E-state index is 15.5. The fraction of sp³-hybridized carbons (Fsp3) is 0.381. The van der Waals surface area contributed by atoms with Gasteiger partial charge in [0.25, 0.3) is 5.91 Å². The number of carbonyl (C=O) groups excluding carboxylic acids is 4. The highest BCUT2D eigenvalue weighted by molar-refractivity contribution is 9.11. The van der Waals surface area contributed by atoms with Gasteiger partial charge in [0.2, 0.25) is 11.8 Å². The van der Waals surface area contributed by atoms with Crippen LogP contribution in [-0.4, -0.2) is 84.4 Å². The van der Waals surface area contributed by atoms with Crippen molar-refractivity contribution in [3.8, 4) is 0 Å². The molecule has 2 N–H and O–H groups in total.